The number of primary sulfonamides is 1. The second kappa shape index (κ2) is 5.67. The van der Waals surface area contributed by atoms with E-state index >= 15 is 0 Å². The van der Waals surface area contributed by atoms with Gasteiger partial charge in [0.1, 0.15) is 12.4 Å². The lowest BCUT2D eigenvalue weighted by Crippen LogP contribution is -2.12. The molecule has 0 saturated carbocycles. The van der Waals surface area contributed by atoms with Gasteiger partial charge in [-0.1, -0.05) is 11.6 Å². The van der Waals surface area contributed by atoms with E-state index in [9.17, 15) is 8.42 Å². The number of ether oxygens (including phenoxy) is 1. The Balaban J connectivity index is 2.21. The van der Waals surface area contributed by atoms with Crippen LogP contribution in [0.2, 0.25) is 5.02 Å². The molecule has 0 unspecified atom stereocenters. The van der Waals surface area contributed by atoms with Gasteiger partial charge in [-0.05, 0) is 37.6 Å². The Morgan fingerprint density at radius 2 is 2.05 bits per heavy atom. The summed E-state index contributed by atoms with van der Waals surface area (Å²) in [5, 5.41) is 9.85. The Labute approximate surface area is 128 Å². The maximum atomic E-state index is 11.3. The number of hydrogen-bond donors (Lipinski definition) is 1. The monoisotopic (exact) mass is 329 g/mol. The molecule has 1 aromatic heterocycles. The molecule has 0 bridgehead atoms. The molecule has 8 heteroatoms. The average molecular weight is 330 g/mol. The van der Waals surface area contributed by atoms with Gasteiger partial charge < -0.3 is 4.74 Å². The zero-order valence-corrected chi connectivity index (χ0v) is 13.5. The topological polar surface area (TPSA) is 87.2 Å². The summed E-state index contributed by atoms with van der Waals surface area (Å²) in [7, 11) is -1.92. The zero-order chi connectivity index (χ0) is 15.8. The minimum Gasteiger partial charge on any atom is -0.487 e. The van der Waals surface area contributed by atoms with E-state index in [4.69, 9.17) is 21.5 Å². The molecule has 0 radical (unpaired) electrons. The highest BCUT2D eigenvalue weighted by molar-refractivity contribution is 7.89. The number of sulfonamides is 1. The summed E-state index contributed by atoms with van der Waals surface area (Å²) in [6, 6.07) is 4.46. The number of nitrogens with two attached hydrogens (primary N) is 1. The van der Waals surface area contributed by atoms with Crippen LogP contribution in [0.1, 0.15) is 17.0 Å². The van der Waals surface area contributed by atoms with Crippen molar-refractivity contribution in [2.24, 2.45) is 12.2 Å². The number of benzene rings is 1. The molecular weight excluding hydrogens is 314 g/mol. The summed E-state index contributed by atoms with van der Waals surface area (Å²) in [6.07, 6.45) is 0. The molecule has 0 spiro atoms. The third-order valence-electron chi connectivity index (χ3n) is 3.10. The fourth-order valence-electron chi connectivity index (χ4n) is 1.94. The van der Waals surface area contributed by atoms with Crippen molar-refractivity contribution < 1.29 is 13.2 Å². The first-order valence-corrected chi connectivity index (χ1v) is 8.07. The van der Waals surface area contributed by atoms with E-state index in [1.54, 1.807) is 24.7 Å². The highest BCUT2D eigenvalue weighted by atomic mass is 35.5. The van der Waals surface area contributed by atoms with E-state index in [1.165, 1.54) is 12.1 Å². The smallest absolute Gasteiger partial charge is 0.238 e. The number of halogens is 1. The van der Waals surface area contributed by atoms with E-state index in [-0.39, 0.29) is 11.5 Å². The fraction of sp³-hybridized carbons (Fsp3) is 0.308. The number of nitrogens with zero attached hydrogens (tertiary/aromatic N) is 2. The zero-order valence-electron chi connectivity index (χ0n) is 11.9. The summed E-state index contributed by atoms with van der Waals surface area (Å²) >= 11 is 6.15. The van der Waals surface area contributed by atoms with E-state index in [1.807, 2.05) is 6.92 Å². The molecule has 2 rings (SSSR count). The average Bonchev–Trinajstić information content (AvgIpc) is 2.61. The van der Waals surface area contributed by atoms with Crippen molar-refractivity contribution in [2.45, 2.75) is 25.3 Å². The molecule has 0 aliphatic carbocycles. The Morgan fingerprint density at radius 3 is 2.52 bits per heavy atom. The van der Waals surface area contributed by atoms with Crippen molar-refractivity contribution in [1.82, 2.24) is 9.78 Å². The number of rotatable bonds is 4. The third kappa shape index (κ3) is 3.37. The van der Waals surface area contributed by atoms with Crippen LogP contribution in [-0.2, 0) is 23.7 Å². The number of hydrogen-bond acceptors (Lipinski definition) is 4. The summed E-state index contributed by atoms with van der Waals surface area (Å²) in [5.74, 6) is 0.567. The van der Waals surface area contributed by atoms with Gasteiger partial charge in [0.25, 0.3) is 0 Å². The van der Waals surface area contributed by atoms with Crippen LogP contribution >= 0.6 is 11.6 Å². The van der Waals surface area contributed by atoms with Gasteiger partial charge in [-0.15, -0.1) is 0 Å². The van der Waals surface area contributed by atoms with E-state index in [0.29, 0.717) is 16.3 Å². The number of aryl methyl sites for hydroxylation is 3. The summed E-state index contributed by atoms with van der Waals surface area (Å²) in [5.41, 5.74) is 2.17. The second-order valence-corrected chi connectivity index (χ2v) is 6.67. The summed E-state index contributed by atoms with van der Waals surface area (Å²) < 4.78 is 29.9. The summed E-state index contributed by atoms with van der Waals surface area (Å²) in [4.78, 5) is 0.0572. The highest BCUT2D eigenvalue weighted by Gasteiger charge is 2.13. The van der Waals surface area contributed by atoms with Gasteiger partial charge in [0.2, 0.25) is 10.0 Å². The van der Waals surface area contributed by atoms with Crippen LogP contribution in [0, 0.1) is 13.8 Å². The molecule has 114 valence electrons. The Hall–Kier alpha value is -1.57. The molecular formula is C13H16ClN3O3S. The highest BCUT2D eigenvalue weighted by Crippen LogP contribution is 2.25. The van der Waals surface area contributed by atoms with Crippen molar-refractivity contribution in [2.75, 3.05) is 0 Å². The van der Waals surface area contributed by atoms with Crippen molar-refractivity contribution in [3.63, 3.8) is 0 Å². The van der Waals surface area contributed by atoms with Gasteiger partial charge in [0, 0.05) is 7.05 Å². The molecule has 0 atom stereocenters. The second-order valence-electron chi connectivity index (χ2n) is 4.73. The van der Waals surface area contributed by atoms with Crippen LogP contribution in [0.3, 0.4) is 0 Å². The molecule has 1 heterocycles. The standard InChI is InChI=1S/C13H16ClN3O3S/c1-8-6-10(21(15,18)19)4-5-12(8)20-7-11-13(14)9(2)16-17(11)3/h4-6H,7H2,1-3H3,(H2,15,18,19). The van der Waals surface area contributed by atoms with Gasteiger partial charge in [0.05, 0.1) is 21.3 Å². The number of aromatic nitrogens is 2. The molecule has 0 fully saturated rings. The van der Waals surface area contributed by atoms with E-state index in [2.05, 4.69) is 5.10 Å². The minimum absolute atomic E-state index is 0.0572. The SMILES string of the molecule is Cc1cc(S(N)(=O)=O)ccc1OCc1c(Cl)c(C)nn1C. The molecule has 6 nitrogen and oxygen atoms in total. The van der Waals surface area contributed by atoms with Crippen molar-refractivity contribution >= 4 is 21.6 Å². The first kappa shape index (κ1) is 15.8. The van der Waals surface area contributed by atoms with Crippen LogP contribution in [0.25, 0.3) is 0 Å². The first-order chi connectivity index (χ1) is 9.70. The fourth-order valence-corrected chi connectivity index (χ4v) is 2.76. The van der Waals surface area contributed by atoms with Crippen molar-refractivity contribution in [3.05, 3.63) is 40.2 Å². The predicted octanol–water partition coefficient (Wildman–Crippen LogP) is 1.92. The summed E-state index contributed by atoms with van der Waals surface area (Å²) in [6.45, 7) is 3.81. The lowest BCUT2D eigenvalue weighted by molar-refractivity contribution is 0.293. The van der Waals surface area contributed by atoms with Crippen LogP contribution in [-0.4, -0.2) is 18.2 Å². The van der Waals surface area contributed by atoms with Gasteiger partial charge in [-0.3, -0.25) is 4.68 Å². The lowest BCUT2D eigenvalue weighted by atomic mass is 10.2. The Kier molecular flexibility index (Phi) is 4.27. The van der Waals surface area contributed by atoms with Crippen molar-refractivity contribution in [1.29, 1.82) is 0 Å². The molecule has 2 aromatic rings. The van der Waals surface area contributed by atoms with Crippen LogP contribution < -0.4 is 9.88 Å². The minimum atomic E-state index is -3.71. The van der Waals surface area contributed by atoms with Crippen LogP contribution in [0.15, 0.2) is 23.1 Å². The molecule has 2 N–H and O–H groups in total. The first-order valence-electron chi connectivity index (χ1n) is 6.14. The maximum Gasteiger partial charge on any atom is 0.238 e. The molecule has 0 aliphatic rings. The van der Waals surface area contributed by atoms with Gasteiger partial charge >= 0.3 is 0 Å². The van der Waals surface area contributed by atoms with Gasteiger partial charge in [-0.25, -0.2) is 13.6 Å². The Morgan fingerprint density at radius 1 is 1.38 bits per heavy atom. The molecule has 0 aliphatic heterocycles. The largest absolute Gasteiger partial charge is 0.487 e. The lowest BCUT2D eigenvalue weighted by Gasteiger charge is -2.10. The van der Waals surface area contributed by atoms with Gasteiger partial charge in [0.15, 0.2) is 0 Å². The van der Waals surface area contributed by atoms with Crippen LogP contribution in [0.5, 0.6) is 5.75 Å². The molecule has 21 heavy (non-hydrogen) atoms. The predicted molar refractivity (Wildman–Crippen MR) is 79.8 cm³/mol. The maximum absolute atomic E-state index is 11.3. The molecule has 0 saturated heterocycles. The van der Waals surface area contributed by atoms with Crippen molar-refractivity contribution in [3.8, 4) is 5.75 Å². The normalized spacial score (nSPS) is 11.7. The Bertz CT molecular complexity index is 784. The molecule has 1 aromatic carbocycles. The van der Waals surface area contributed by atoms with Crippen LogP contribution in [0.4, 0.5) is 0 Å². The molecule has 0 amide bonds. The van der Waals surface area contributed by atoms with Gasteiger partial charge in [-0.2, -0.15) is 5.10 Å². The third-order valence-corrected chi connectivity index (χ3v) is 4.50. The quantitative estimate of drug-likeness (QED) is 0.928. The van der Waals surface area contributed by atoms with E-state index < -0.39 is 10.0 Å². The van der Waals surface area contributed by atoms with E-state index in [0.717, 1.165) is 11.4 Å².